The molecular weight excluding hydrogens is 534 g/mol. The number of rotatable bonds is 6. The molecule has 7 rings (SSSR count). The first-order chi connectivity index (χ1) is 20.4. The third kappa shape index (κ3) is 4.49. The minimum absolute atomic E-state index is 0.0616. The number of benzene rings is 4. The van der Waals surface area contributed by atoms with Gasteiger partial charge in [-0.25, -0.2) is 8.78 Å². The molecule has 42 heavy (non-hydrogen) atoms. The Balaban J connectivity index is 1.32. The summed E-state index contributed by atoms with van der Waals surface area (Å²) in [6.45, 7) is 2.81. The number of hydrogen-bond acceptors (Lipinski definition) is 4. The van der Waals surface area contributed by atoms with Crippen molar-refractivity contribution >= 4 is 10.9 Å². The van der Waals surface area contributed by atoms with Crippen LogP contribution in [0.3, 0.4) is 0 Å². The summed E-state index contributed by atoms with van der Waals surface area (Å²) in [6, 6.07) is 22.3. The highest BCUT2D eigenvalue weighted by atomic mass is 19.1. The van der Waals surface area contributed by atoms with E-state index in [0.717, 1.165) is 52.9 Å². The number of H-pyrrole nitrogens is 1. The Hall–Kier alpha value is -4.36. The summed E-state index contributed by atoms with van der Waals surface area (Å²) in [7, 11) is 3.33. The summed E-state index contributed by atoms with van der Waals surface area (Å²) in [5.41, 5.74) is 8.23. The highest BCUT2D eigenvalue weighted by molar-refractivity contribution is 5.87. The molecule has 2 aliphatic rings. The number of ether oxygens (including phenoxy) is 3. The first-order valence-corrected chi connectivity index (χ1v) is 14.2. The minimum Gasteiger partial charge on any atom is -0.497 e. The monoisotopic (exact) mass is 566 g/mol. The van der Waals surface area contributed by atoms with Crippen LogP contribution in [0.25, 0.3) is 10.9 Å². The maximum absolute atomic E-state index is 14.2. The fraction of sp³-hybridized carbons (Fsp3) is 0.257. The number of aromatic amines is 1. The number of aromatic nitrogens is 1. The molecule has 2 atom stereocenters. The van der Waals surface area contributed by atoms with Crippen LogP contribution in [0.1, 0.15) is 51.2 Å². The van der Waals surface area contributed by atoms with E-state index in [1.54, 1.807) is 27.2 Å². The molecule has 0 bridgehead atoms. The van der Waals surface area contributed by atoms with Crippen molar-refractivity contribution in [1.29, 1.82) is 0 Å². The quantitative estimate of drug-likeness (QED) is 0.230. The number of halogens is 2. The molecule has 0 aliphatic carbocycles. The Morgan fingerprint density at radius 1 is 0.905 bits per heavy atom. The van der Waals surface area contributed by atoms with Crippen LogP contribution in [0.2, 0.25) is 0 Å². The standard InChI is InChI=1S/C35H32F2N2O3/c1-20-4-5-21(14-29(20)37)19-42-33-18-26-23(15-32(33)41-3)12-13-39-31(26)17-28-27-16-25(40-2)10-11-30(27)38-34(28)35(39)22-6-8-24(36)9-7-22/h4-11,14-16,18,31,35,38H,12-13,17,19H2,1-3H3. The van der Waals surface area contributed by atoms with Gasteiger partial charge in [-0.3, -0.25) is 4.90 Å². The molecule has 2 unspecified atom stereocenters. The van der Waals surface area contributed by atoms with Gasteiger partial charge in [-0.05, 0) is 102 Å². The van der Waals surface area contributed by atoms with E-state index in [0.29, 0.717) is 17.1 Å². The van der Waals surface area contributed by atoms with Gasteiger partial charge in [0.25, 0.3) is 0 Å². The normalized spacial score (nSPS) is 17.8. The lowest BCUT2D eigenvalue weighted by molar-refractivity contribution is 0.127. The molecule has 1 N–H and O–H groups in total. The Labute approximate surface area is 243 Å². The van der Waals surface area contributed by atoms with Gasteiger partial charge in [0.1, 0.15) is 24.0 Å². The van der Waals surface area contributed by atoms with Crippen LogP contribution in [0, 0.1) is 18.6 Å². The van der Waals surface area contributed by atoms with Gasteiger partial charge < -0.3 is 19.2 Å². The summed E-state index contributed by atoms with van der Waals surface area (Å²) in [5, 5.41) is 1.13. The Morgan fingerprint density at radius 2 is 1.74 bits per heavy atom. The maximum Gasteiger partial charge on any atom is 0.162 e. The second-order valence-electron chi connectivity index (χ2n) is 11.2. The fourth-order valence-corrected chi connectivity index (χ4v) is 6.61. The van der Waals surface area contributed by atoms with Gasteiger partial charge >= 0.3 is 0 Å². The van der Waals surface area contributed by atoms with Crippen molar-refractivity contribution in [3.05, 3.63) is 124 Å². The fourth-order valence-electron chi connectivity index (χ4n) is 6.61. The third-order valence-electron chi connectivity index (χ3n) is 8.79. The Kier molecular flexibility index (Phi) is 6.62. The van der Waals surface area contributed by atoms with E-state index in [1.165, 1.54) is 34.9 Å². The summed E-state index contributed by atoms with van der Waals surface area (Å²) >= 11 is 0. The molecule has 0 fully saturated rings. The van der Waals surface area contributed by atoms with E-state index in [9.17, 15) is 8.78 Å². The lowest BCUT2D eigenvalue weighted by Crippen LogP contribution is -2.43. The topological polar surface area (TPSA) is 46.7 Å². The van der Waals surface area contributed by atoms with Crippen molar-refractivity contribution in [3.8, 4) is 17.2 Å². The molecule has 3 heterocycles. The van der Waals surface area contributed by atoms with Gasteiger partial charge in [-0.1, -0.05) is 24.3 Å². The smallest absolute Gasteiger partial charge is 0.162 e. The molecule has 0 saturated heterocycles. The number of methoxy groups -OCH3 is 2. The second-order valence-corrected chi connectivity index (χ2v) is 11.2. The van der Waals surface area contributed by atoms with Gasteiger partial charge in [0, 0.05) is 29.2 Å². The highest BCUT2D eigenvalue weighted by Crippen LogP contribution is 2.50. The minimum atomic E-state index is -0.251. The summed E-state index contributed by atoms with van der Waals surface area (Å²) in [4.78, 5) is 6.21. The molecule has 5 nitrogen and oxygen atoms in total. The molecule has 7 heteroatoms. The predicted octanol–water partition coefficient (Wildman–Crippen LogP) is 7.60. The van der Waals surface area contributed by atoms with Crippen LogP contribution in [-0.2, 0) is 19.4 Å². The van der Waals surface area contributed by atoms with E-state index < -0.39 is 0 Å². The van der Waals surface area contributed by atoms with E-state index in [-0.39, 0.29) is 30.3 Å². The highest BCUT2D eigenvalue weighted by Gasteiger charge is 2.41. The molecular formula is C35H32F2N2O3. The number of nitrogens with one attached hydrogen (secondary N) is 1. The lowest BCUT2D eigenvalue weighted by Gasteiger charge is -2.46. The van der Waals surface area contributed by atoms with Crippen molar-refractivity contribution in [2.75, 3.05) is 20.8 Å². The van der Waals surface area contributed by atoms with Gasteiger partial charge in [0.15, 0.2) is 11.5 Å². The van der Waals surface area contributed by atoms with Crippen molar-refractivity contribution < 1.29 is 23.0 Å². The van der Waals surface area contributed by atoms with Crippen LogP contribution >= 0.6 is 0 Å². The van der Waals surface area contributed by atoms with Crippen LogP contribution < -0.4 is 14.2 Å². The van der Waals surface area contributed by atoms with Gasteiger partial charge in [-0.15, -0.1) is 0 Å². The summed E-state index contributed by atoms with van der Waals surface area (Å²) in [6.07, 6.45) is 1.63. The van der Waals surface area contributed by atoms with E-state index >= 15 is 0 Å². The number of fused-ring (bicyclic) bond motifs is 6. The lowest BCUT2D eigenvalue weighted by atomic mass is 9.80. The zero-order valence-corrected chi connectivity index (χ0v) is 23.8. The van der Waals surface area contributed by atoms with Gasteiger partial charge in [0.2, 0.25) is 0 Å². The van der Waals surface area contributed by atoms with Crippen LogP contribution in [-0.4, -0.2) is 30.6 Å². The van der Waals surface area contributed by atoms with Gasteiger partial charge in [0.05, 0.1) is 20.3 Å². The third-order valence-corrected chi connectivity index (χ3v) is 8.79. The second kappa shape index (κ2) is 10.5. The van der Waals surface area contributed by atoms with Crippen LogP contribution in [0.5, 0.6) is 17.2 Å². The molecule has 0 radical (unpaired) electrons. The molecule has 0 spiro atoms. The van der Waals surface area contributed by atoms with Gasteiger partial charge in [-0.2, -0.15) is 0 Å². The molecule has 4 aromatic carbocycles. The van der Waals surface area contributed by atoms with Crippen LogP contribution in [0.4, 0.5) is 8.78 Å². The average molecular weight is 567 g/mol. The molecule has 1 aromatic heterocycles. The average Bonchev–Trinajstić information content (AvgIpc) is 3.37. The summed E-state index contributed by atoms with van der Waals surface area (Å²) in [5.74, 6) is 1.60. The molecule has 2 aliphatic heterocycles. The summed E-state index contributed by atoms with van der Waals surface area (Å²) < 4.78 is 45.8. The number of aryl methyl sites for hydroxylation is 1. The molecule has 214 valence electrons. The van der Waals surface area contributed by atoms with Crippen molar-refractivity contribution in [2.24, 2.45) is 0 Å². The maximum atomic E-state index is 14.2. The number of nitrogens with zero attached hydrogens (tertiary/aromatic N) is 1. The molecule has 5 aromatic rings. The van der Waals surface area contributed by atoms with Crippen molar-refractivity contribution in [1.82, 2.24) is 9.88 Å². The zero-order chi connectivity index (χ0) is 29.0. The van der Waals surface area contributed by atoms with E-state index in [1.807, 2.05) is 24.3 Å². The molecule has 0 saturated carbocycles. The van der Waals surface area contributed by atoms with Crippen molar-refractivity contribution in [3.63, 3.8) is 0 Å². The van der Waals surface area contributed by atoms with Crippen molar-refractivity contribution in [2.45, 2.75) is 38.5 Å². The van der Waals surface area contributed by atoms with E-state index in [4.69, 9.17) is 14.2 Å². The van der Waals surface area contributed by atoms with E-state index in [2.05, 4.69) is 34.1 Å². The first-order valence-electron chi connectivity index (χ1n) is 14.2. The largest absolute Gasteiger partial charge is 0.497 e. The van der Waals surface area contributed by atoms with Crippen LogP contribution in [0.15, 0.2) is 72.8 Å². The Morgan fingerprint density at radius 3 is 2.50 bits per heavy atom. The first kappa shape index (κ1) is 26.5. The molecule has 0 amide bonds. The predicted molar refractivity (Wildman–Crippen MR) is 158 cm³/mol. The SMILES string of the molecule is COc1ccc2[nH]c3c(c2c1)CC1c2cc(OCc4ccc(C)c(F)c4)c(OC)cc2CCN1C3c1ccc(F)cc1. The number of hydrogen-bond donors (Lipinski definition) is 1. The zero-order valence-electron chi connectivity index (χ0n) is 23.8. The Bertz CT molecular complexity index is 1800.